The van der Waals surface area contributed by atoms with Crippen LogP contribution in [0.5, 0.6) is 0 Å². The molecule has 1 aromatic carbocycles. The highest BCUT2D eigenvalue weighted by molar-refractivity contribution is 5.94. The second-order valence-electron chi connectivity index (χ2n) is 5.84. The first kappa shape index (κ1) is 17.0. The van der Waals surface area contributed by atoms with Gasteiger partial charge in [0.15, 0.2) is 0 Å². The Labute approximate surface area is 135 Å². The van der Waals surface area contributed by atoms with Gasteiger partial charge in [0.25, 0.3) is 0 Å². The number of carboxylic acid groups (broad SMARTS) is 1. The van der Waals surface area contributed by atoms with Crippen LogP contribution in [0.25, 0.3) is 0 Å². The Balaban J connectivity index is 1.82. The molecule has 124 valence electrons. The van der Waals surface area contributed by atoms with Crippen molar-refractivity contribution in [2.45, 2.75) is 44.9 Å². The average Bonchev–Trinajstić information content (AvgIpc) is 2.55. The standard InChI is InChI=1S/C17H22N2O4/c20-15(10-11-16(21)22)18-13-6-8-14(9-7-13)19-17(23)12-4-2-1-3-5-12/h6-9,12H,1-5,10-11H2,(H,18,20)(H,19,23)(H,21,22). The van der Waals surface area contributed by atoms with Crippen LogP contribution in [0.3, 0.4) is 0 Å². The zero-order chi connectivity index (χ0) is 16.7. The topological polar surface area (TPSA) is 95.5 Å². The third-order valence-corrected chi connectivity index (χ3v) is 3.98. The second-order valence-corrected chi connectivity index (χ2v) is 5.84. The van der Waals surface area contributed by atoms with E-state index >= 15 is 0 Å². The van der Waals surface area contributed by atoms with Gasteiger partial charge >= 0.3 is 5.97 Å². The molecule has 6 heteroatoms. The first-order valence-corrected chi connectivity index (χ1v) is 7.97. The van der Waals surface area contributed by atoms with Crippen molar-refractivity contribution in [3.8, 4) is 0 Å². The lowest BCUT2D eigenvalue weighted by Crippen LogP contribution is -2.24. The van der Waals surface area contributed by atoms with Crippen LogP contribution < -0.4 is 10.6 Å². The fourth-order valence-electron chi connectivity index (χ4n) is 2.69. The van der Waals surface area contributed by atoms with E-state index in [1.54, 1.807) is 24.3 Å². The van der Waals surface area contributed by atoms with Crippen molar-refractivity contribution < 1.29 is 19.5 Å². The molecule has 0 atom stereocenters. The molecule has 0 spiro atoms. The minimum absolute atomic E-state index is 0.0583. The number of carbonyl (C=O) groups is 3. The second kappa shape index (κ2) is 8.31. The summed E-state index contributed by atoms with van der Waals surface area (Å²) in [6, 6.07) is 6.84. The van der Waals surface area contributed by atoms with Gasteiger partial charge in [-0.05, 0) is 37.1 Å². The molecule has 1 fully saturated rings. The van der Waals surface area contributed by atoms with Crippen LogP contribution in [0.2, 0.25) is 0 Å². The number of rotatable bonds is 6. The summed E-state index contributed by atoms with van der Waals surface area (Å²) in [5, 5.41) is 14.1. The van der Waals surface area contributed by atoms with Gasteiger partial charge in [0.05, 0.1) is 6.42 Å². The number of carboxylic acids is 1. The van der Waals surface area contributed by atoms with Gasteiger partial charge in [-0.3, -0.25) is 14.4 Å². The number of aliphatic carboxylic acids is 1. The fraction of sp³-hybridized carbons (Fsp3) is 0.471. The largest absolute Gasteiger partial charge is 0.481 e. The third-order valence-electron chi connectivity index (χ3n) is 3.98. The Kier molecular flexibility index (Phi) is 6.14. The number of benzene rings is 1. The first-order valence-electron chi connectivity index (χ1n) is 7.97. The van der Waals surface area contributed by atoms with E-state index in [2.05, 4.69) is 10.6 Å². The number of carbonyl (C=O) groups excluding carboxylic acids is 2. The zero-order valence-electron chi connectivity index (χ0n) is 13.0. The fourth-order valence-corrected chi connectivity index (χ4v) is 2.69. The Hall–Kier alpha value is -2.37. The highest BCUT2D eigenvalue weighted by atomic mass is 16.4. The summed E-state index contributed by atoms with van der Waals surface area (Å²) < 4.78 is 0. The maximum Gasteiger partial charge on any atom is 0.303 e. The van der Waals surface area contributed by atoms with Crippen molar-refractivity contribution in [3.63, 3.8) is 0 Å². The molecule has 3 N–H and O–H groups in total. The molecule has 0 aliphatic heterocycles. The quantitative estimate of drug-likeness (QED) is 0.751. The van der Waals surface area contributed by atoms with E-state index in [-0.39, 0.29) is 30.6 Å². The van der Waals surface area contributed by atoms with E-state index in [1.807, 2.05) is 0 Å². The molecule has 1 aliphatic rings. The van der Waals surface area contributed by atoms with Crippen LogP contribution in [0.15, 0.2) is 24.3 Å². The predicted octanol–water partition coefficient (Wildman–Crippen LogP) is 3.01. The SMILES string of the molecule is O=C(O)CCC(=O)Nc1ccc(NC(=O)C2CCCCC2)cc1. The number of hydrogen-bond donors (Lipinski definition) is 3. The first-order chi connectivity index (χ1) is 11.0. The van der Waals surface area contributed by atoms with Gasteiger partial charge in [-0.1, -0.05) is 19.3 Å². The molecule has 0 heterocycles. The Morgan fingerprint density at radius 2 is 1.48 bits per heavy atom. The predicted molar refractivity (Wildman–Crippen MR) is 87.1 cm³/mol. The molecular formula is C17H22N2O4. The van der Waals surface area contributed by atoms with Crippen molar-refractivity contribution >= 4 is 29.2 Å². The lowest BCUT2D eigenvalue weighted by molar-refractivity contribution is -0.138. The van der Waals surface area contributed by atoms with Gasteiger partial charge in [-0.2, -0.15) is 0 Å². The van der Waals surface area contributed by atoms with E-state index in [0.29, 0.717) is 11.4 Å². The van der Waals surface area contributed by atoms with Crippen LogP contribution in [0.1, 0.15) is 44.9 Å². The van der Waals surface area contributed by atoms with Crippen molar-refractivity contribution in [2.75, 3.05) is 10.6 Å². The van der Waals surface area contributed by atoms with Gasteiger partial charge in [0.2, 0.25) is 11.8 Å². The van der Waals surface area contributed by atoms with E-state index in [0.717, 1.165) is 25.7 Å². The van der Waals surface area contributed by atoms with Gasteiger partial charge < -0.3 is 15.7 Å². The van der Waals surface area contributed by atoms with Crippen LogP contribution in [-0.4, -0.2) is 22.9 Å². The molecule has 6 nitrogen and oxygen atoms in total. The minimum atomic E-state index is -0.999. The molecule has 1 aliphatic carbocycles. The van der Waals surface area contributed by atoms with Crippen molar-refractivity contribution in [1.29, 1.82) is 0 Å². The Morgan fingerprint density at radius 3 is 2.04 bits per heavy atom. The molecule has 1 aromatic rings. The van der Waals surface area contributed by atoms with Crippen LogP contribution in [0, 0.1) is 5.92 Å². The summed E-state index contributed by atoms with van der Waals surface area (Å²) in [4.78, 5) is 34.1. The monoisotopic (exact) mass is 318 g/mol. The summed E-state index contributed by atoms with van der Waals surface area (Å²) in [7, 11) is 0. The molecule has 2 amide bonds. The number of nitrogens with one attached hydrogen (secondary N) is 2. The summed E-state index contributed by atoms with van der Waals surface area (Å²) in [6.45, 7) is 0. The third kappa shape index (κ3) is 5.73. The molecule has 0 radical (unpaired) electrons. The van der Waals surface area contributed by atoms with Crippen LogP contribution in [0.4, 0.5) is 11.4 Å². The van der Waals surface area contributed by atoms with Gasteiger partial charge in [-0.15, -0.1) is 0 Å². The van der Waals surface area contributed by atoms with E-state index in [1.165, 1.54) is 6.42 Å². The highest BCUT2D eigenvalue weighted by Gasteiger charge is 2.20. The Morgan fingerprint density at radius 1 is 0.913 bits per heavy atom. The van der Waals surface area contributed by atoms with E-state index in [4.69, 9.17) is 5.11 Å². The lowest BCUT2D eigenvalue weighted by atomic mass is 9.88. The maximum absolute atomic E-state index is 12.1. The molecule has 0 saturated heterocycles. The highest BCUT2D eigenvalue weighted by Crippen LogP contribution is 2.25. The van der Waals surface area contributed by atoms with E-state index in [9.17, 15) is 14.4 Å². The normalized spacial score (nSPS) is 15.0. The summed E-state index contributed by atoms with van der Waals surface area (Å²) in [6.07, 6.45) is 5.07. The number of hydrogen-bond acceptors (Lipinski definition) is 3. The molecule has 1 saturated carbocycles. The van der Waals surface area contributed by atoms with Crippen molar-refractivity contribution in [2.24, 2.45) is 5.92 Å². The summed E-state index contributed by atoms with van der Waals surface area (Å²) in [5.74, 6) is -1.19. The van der Waals surface area contributed by atoms with Gasteiger partial charge in [0.1, 0.15) is 0 Å². The maximum atomic E-state index is 12.1. The molecule has 0 bridgehead atoms. The lowest BCUT2D eigenvalue weighted by Gasteiger charge is -2.20. The molecule has 2 rings (SSSR count). The van der Waals surface area contributed by atoms with Crippen LogP contribution >= 0.6 is 0 Å². The van der Waals surface area contributed by atoms with Gasteiger partial charge in [-0.25, -0.2) is 0 Å². The van der Waals surface area contributed by atoms with Gasteiger partial charge in [0, 0.05) is 23.7 Å². The molecule has 23 heavy (non-hydrogen) atoms. The van der Waals surface area contributed by atoms with Crippen molar-refractivity contribution in [3.05, 3.63) is 24.3 Å². The molecular weight excluding hydrogens is 296 g/mol. The van der Waals surface area contributed by atoms with Crippen LogP contribution in [-0.2, 0) is 14.4 Å². The average molecular weight is 318 g/mol. The summed E-state index contributed by atoms with van der Waals surface area (Å²) >= 11 is 0. The summed E-state index contributed by atoms with van der Waals surface area (Å²) in [5.41, 5.74) is 1.28. The Bertz CT molecular complexity index is 562. The molecule has 0 aromatic heterocycles. The van der Waals surface area contributed by atoms with E-state index < -0.39 is 5.97 Å². The van der Waals surface area contributed by atoms with Crippen molar-refractivity contribution in [1.82, 2.24) is 0 Å². The molecule has 0 unspecified atom stereocenters. The minimum Gasteiger partial charge on any atom is -0.481 e. The number of anilines is 2. The number of amides is 2. The smallest absolute Gasteiger partial charge is 0.303 e. The zero-order valence-corrected chi connectivity index (χ0v) is 13.0.